The highest BCUT2D eigenvalue weighted by Gasteiger charge is 2.21. The van der Waals surface area contributed by atoms with Gasteiger partial charge < -0.3 is 19.2 Å². The Bertz CT molecular complexity index is 959. The Morgan fingerprint density at radius 1 is 1.25 bits per heavy atom. The summed E-state index contributed by atoms with van der Waals surface area (Å²) in [6.07, 6.45) is 4.65. The number of ether oxygens (including phenoxy) is 2. The van der Waals surface area contributed by atoms with Gasteiger partial charge in [-0.15, -0.1) is 11.3 Å². The van der Waals surface area contributed by atoms with Crippen molar-refractivity contribution in [1.82, 2.24) is 4.98 Å². The van der Waals surface area contributed by atoms with E-state index in [2.05, 4.69) is 10.3 Å². The number of aryl methyl sites for hydroxylation is 1. The summed E-state index contributed by atoms with van der Waals surface area (Å²) in [5, 5.41) is 4.82. The Hall–Kier alpha value is -2.80. The lowest BCUT2D eigenvalue weighted by Crippen LogP contribution is -2.15. The first-order valence-corrected chi connectivity index (χ1v) is 10.2. The SMILES string of the molecule is COc1ccc(NC(=O)c2nc(-c3cccs3)oc2C)cc1OC1CCCC1. The number of anilines is 1. The number of nitrogens with zero attached hydrogens (tertiary/aromatic N) is 1. The largest absolute Gasteiger partial charge is 0.493 e. The first-order valence-electron chi connectivity index (χ1n) is 9.31. The molecule has 1 fully saturated rings. The second-order valence-electron chi connectivity index (χ2n) is 6.75. The van der Waals surface area contributed by atoms with Crippen molar-refractivity contribution in [3.8, 4) is 22.3 Å². The van der Waals surface area contributed by atoms with Crippen LogP contribution in [0.25, 0.3) is 10.8 Å². The molecular weight excluding hydrogens is 376 g/mol. The van der Waals surface area contributed by atoms with Crippen LogP contribution in [0.5, 0.6) is 11.5 Å². The summed E-state index contributed by atoms with van der Waals surface area (Å²) in [4.78, 5) is 18.0. The van der Waals surface area contributed by atoms with Gasteiger partial charge >= 0.3 is 0 Å². The van der Waals surface area contributed by atoms with Crippen molar-refractivity contribution in [2.45, 2.75) is 38.7 Å². The first-order chi connectivity index (χ1) is 13.6. The average Bonchev–Trinajstić information content (AvgIpc) is 3.43. The molecule has 2 aromatic heterocycles. The maximum absolute atomic E-state index is 12.7. The van der Waals surface area contributed by atoms with Crippen molar-refractivity contribution >= 4 is 22.9 Å². The Kier molecular flexibility index (Phi) is 5.34. The Morgan fingerprint density at radius 2 is 2.07 bits per heavy atom. The van der Waals surface area contributed by atoms with E-state index in [1.165, 1.54) is 24.2 Å². The number of carbonyl (C=O) groups excluding carboxylic acids is 1. The molecule has 0 bridgehead atoms. The molecule has 7 heteroatoms. The van der Waals surface area contributed by atoms with Crippen LogP contribution in [0.15, 0.2) is 40.1 Å². The standard InChI is InChI=1S/C21H22N2O4S/c1-13-19(23-21(26-13)18-8-5-11-28-18)20(24)22-14-9-10-16(25-2)17(12-14)27-15-6-3-4-7-15/h5,8-12,15H,3-4,6-7H2,1-2H3,(H,22,24). The normalized spacial score (nSPS) is 14.2. The van der Waals surface area contributed by atoms with Crippen LogP contribution in [0, 0.1) is 6.92 Å². The summed E-state index contributed by atoms with van der Waals surface area (Å²) in [5.74, 6) is 1.92. The van der Waals surface area contributed by atoms with Crippen LogP contribution in [-0.4, -0.2) is 24.1 Å². The third-order valence-electron chi connectivity index (χ3n) is 4.76. The molecule has 28 heavy (non-hydrogen) atoms. The van der Waals surface area contributed by atoms with Crippen molar-refractivity contribution < 1.29 is 18.7 Å². The Balaban J connectivity index is 1.53. The van der Waals surface area contributed by atoms with E-state index in [0.717, 1.165) is 17.7 Å². The van der Waals surface area contributed by atoms with Gasteiger partial charge in [0.1, 0.15) is 5.76 Å². The highest BCUT2D eigenvalue weighted by atomic mass is 32.1. The molecule has 1 aliphatic carbocycles. The number of benzene rings is 1. The van der Waals surface area contributed by atoms with Crippen LogP contribution >= 0.6 is 11.3 Å². The zero-order chi connectivity index (χ0) is 19.5. The number of carbonyl (C=O) groups is 1. The molecule has 0 unspecified atom stereocenters. The Labute approximate surface area is 167 Å². The molecule has 2 heterocycles. The number of aromatic nitrogens is 1. The summed E-state index contributed by atoms with van der Waals surface area (Å²) in [6.45, 7) is 1.74. The monoisotopic (exact) mass is 398 g/mol. The number of hydrogen-bond donors (Lipinski definition) is 1. The summed E-state index contributed by atoms with van der Waals surface area (Å²) < 4.78 is 17.2. The van der Waals surface area contributed by atoms with Crippen LogP contribution in [0.3, 0.4) is 0 Å². The van der Waals surface area contributed by atoms with Crippen molar-refractivity contribution in [3.05, 3.63) is 47.2 Å². The van der Waals surface area contributed by atoms with E-state index in [1.54, 1.807) is 32.2 Å². The molecule has 1 saturated carbocycles. The smallest absolute Gasteiger partial charge is 0.277 e. The van der Waals surface area contributed by atoms with Crippen molar-refractivity contribution in [2.75, 3.05) is 12.4 Å². The fourth-order valence-corrected chi connectivity index (χ4v) is 3.98. The number of thiophene rings is 1. The average molecular weight is 398 g/mol. The minimum atomic E-state index is -0.318. The lowest BCUT2D eigenvalue weighted by molar-refractivity contribution is 0.102. The fourth-order valence-electron chi connectivity index (χ4n) is 3.34. The number of rotatable bonds is 6. The van der Waals surface area contributed by atoms with Gasteiger partial charge in [-0.2, -0.15) is 0 Å². The van der Waals surface area contributed by atoms with E-state index in [1.807, 2.05) is 17.5 Å². The Morgan fingerprint density at radius 3 is 2.79 bits per heavy atom. The van der Waals surface area contributed by atoms with Gasteiger partial charge in [-0.05, 0) is 56.2 Å². The maximum Gasteiger partial charge on any atom is 0.277 e. The summed E-state index contributed by atoms with van der Waals surface area (Å²) in [7, 11) is 1.61. The van der Waals surface area contributed by atoms with Gasteiger partial charge in [0.15, 0.2) is 17.2 Å². The lowest BCUT2D eigenvalue weighted by atomic mass is 10.2. The van der Waals surface area contributed by atoms with E-state index >= 15 is 0 Å². The zero-order valence-electron chi connectivity index (χ0n) is 15.9. The van der Waals surface area contributed by atoms with E-state index in [9.17, 15) is 4.79 Å². The van der Waals surface area contributed by atoms with Crippen LogP contribution in [0.2, 0.25) is 0 Å². The molecule has 0 radical (unpaired) electrons. The topological polar surface area (TPSA) is 73.6 Å². The highest BCUT2D eigenvalue weighted by molar-refractivity contribution is 7.13. The van der Waals surface area contributed by atoms with Gasteiger partial charge in [0.05, 0.1) is 18.1 Å². The van der Waals surface area contributed by atoms with Crippen molar-refractivity contribution in [3.63, 3.8) is 0 Å². The molecule has 0 aliphatic heterocycles. The zero-order valence-corrected chi connectivity index (χ0v) is 16.7. The molecule has 1 aromatic carbocycles. The van der Waals surface area contributed by atoms with Gasteiger partial charge in [0, 0.05) is 11.8 Å². The van der Waals surface area contributed by atoms with Gasteiger partial charge in [-0.3, -0.25) is 4.79 Å². The van der Waals surface area contributed by atoms with Crippen LogP contribution in [0.1, 0.15) is 41.9 Å². The van der Waals surface area contributed by atoms with Crippen LogP contribution in [0.4, 0.5) is 5.69 Å². The first kappa shape index (κ1) is 18.6. The van der Waals surface area contributed by atoms with E-state index in [4.69, 9.17) is 13.9 Å². The van der Waals surface area contributed by atoms with E-state index < -0.39 is 0 Å². The number of oxazole rings is 1. The van der Waals surface area contributed by atoms with Gasteiger partial charge in [0.2, 0.25) is 5.89 Å². The van der Waals surface area contributed by atoms with Crippen LogP contribution < -0.4 is 14.8 Å². The lowest BCUT2D eigenvalue weighted by Gasteiger charge is -2.17. The summed E-state index contributed by atoms with van der Waals surface area (Å²) in [6, 6.07) is 9.21. The highest BCUT2D eigenvalue weighted by Crippen LogP contribution is 2.34. The summed E-state index contributed by atoms with van der Waals surface area (Å²) >= 11 is 1.52. The molecule has 0 atom stereocenters. The quantitative estimate of drug-likeness (QED) is 0.610. The van der Waals surface area contributed by atoms with Crippen LogP contribution in [-0.2, 0) is 0 Å². The molecule has 1 amide bonds. The van der Waals surface area contributed by atoms with Gasteiger partial charge in [0.25, 0.3) is 5.91 Å². The number of methoxy groups -OCH3 is 1. The predicted molar refractivity (Wildman–Crippen MR) is 108 cm³/mol. The fraction of sp³-hybridized carbons (Fsp3) is 0.333. The minimum Gasteiger partial charge on any atom is -0.493 e. The molecule has 3 aromatic rings. The number of amides is 1. The van der Waals surface area contributed by atoms with Gasteiger partial charge in [-0.1, -0.05) is 6.07 Å². The maximum atomic E-state index is 12.7. The third-order valence-corrected chi connectivity index (χ3v) is 5.62. The van der Waals surface area contributed by atoms with Crippen molar-refractivity contribution in [1.29, 1.82) is 0 Å². The van der Waals surface area contributed by atoms with Crippen molar-refractivity contribution in [2.24, 2.45) is 0 Å². The summed E-state index contributed by atoms with van der Waals surface area (Å²) in [5.41, 5.74) is 0.899. The molecule has 146 valence electrons. The molecule has 1 aliphatic rings. The molecule has 6 nitrogen and oxygen atoms in total. The molecule has 0 saturated heterocycles. The van der Waals surface area contributed by atoms with E-state index in [0.29, 0.717) is 28.8 Å². The number of hydrogen-bond acceptors (Lipinski definition) is 6. The number of nitrogens with one attached hydrogen (secondary N) is 1. The second-order valence-corrected chi connectivity index (χ2v) is 7.69. The van der Waals surface area contributed by atoms with Gasteiger partial charge in [-0.25, -0.2) is 4.98 Å². The minimum absolute atomic E-state index is 0.200. The third kappa shape index (κ3) is 3.89. The molecule has 0 spiro atoms. The molecule has 4 rings (SSSR count). The molecular formula is C21H22N2O4S. The predicted octanol–water partition coefficient (Wildman–Crippen LogP) is 5.29. The van der Waals surface area contributed by atoms with E-state index in [-0.39, 0.29) is 17.7 Å². The second kappa shape index (κ2) is 8.06. The molecule has 1 N–H and O–H groups in total.